The van der Waals surface area contributed by atoms with Gasteiger partial charge in [-0.3, -0.25) is 4.68 Å². The smallest absolute Gasteiger partial charge is 0.335 e. The number of carbonyl (C=O) groups is 1. The minimum Gasteiger partial charge on any atom is -0.507 e. The number of aromatic nitrogens is 2. The van der Waals surface area contributed by atoms with Crippen molar-refractivity contribution in [3.63, 3.8) is 0 Å². The molecule has 5 nitrogen and oxygen atoms in total. The van der Waals surface area contributed by atoms with Crippen molar-refractivity contribution >= 4 is 5.97 Å². The van der Waals surface area contributed by atoms with Crippen molar-refractivity contribution < 1.29 is 15.0 Å². The van der Waals surface area contributed by atoms with Crippen LogP contribution in [0.3, 0.4) is 0 Å². The molecule has 0 unspecified atom stereocenters. The second-order valence-corrected chi connectivity index (χ2v) is 5.85. The summed E-state index contributed by atoms with van der Waals surface area (Å²) in [4.78, 5) is 10.9. The molecule has 106 valence electrons. The van der Waals surface area contributed by atoms with Crippen LogP contribution in [0.25, 0.3) is 11.1 Å². The van der Waals surface area contributed by atoms with Crippen molar-refractivity contribution in [2.45, 2.75) is 26.2 Å². The van der Waals surface area contributed by atoms with Gasteiger partial charge in [0, 0.05) is 29.8 Å². The van der Waals surface area contributed by atoms with E-state index in [2.05, 4.69) is 5.10 Å². The van der Waals surface area contributed by atoms with E-state index in [0.717, 1.165) is 11.3 Å². The number of hydrogen-bond donors (Lipinski definition) is 2. The summed E-state index contributed by atoms with van der Waals surface area (Å²) in [6, 6.07) is 4.36. The molecule has 0 bridgehead atoms. The first-order valence-electron chi connectivity index (χ1n) is 6.31. The van der Waals surface area contributed by atoms with Crippen molar-refractivity contribution in [1.82, 2.24) is 9.78 Å². The summed E-state index contributed by atoms with van der Waals surface area (Å²) in [5.41, 5.74) is 2.15. The van der Waals surface area contributed by atoms with Gasteiger partial charge in [0.2, 0.25) is 0 Å². The van der Waals surface area contributed by atoms with Crippen molar-refractivity contribution in [3.05, 3.63) is 35.7 Å². The van der Waals surface area contributed by atoms with Crippen LogP contribution in [0.4, 0.5) is 0 Å². The normalized spacial score (nSPS) is 11.6. The molecule has 0 aliphatic heterocycles. The summed E-state index contributed by atoms with van der Waals surface area (Å²) >= 11 is 0. The summed E-state index contributed by atoms with van der Waals surface area (Å²) in [5, 5.41) is 23.5. The molecule has 0 spiro atoms. The molecule has 2 N–H and O–H groups in total. The number of phenolic OH excluding ortho intramolecular Hbond substituents is 1. The minimum atomic E-state index is -1.06. The highest BCUT2D eigenvalue weighted by Gasteiger charge is 2.24. The third-order valence-electron chi connectivity index (χ3n) is 3.07. The molecule has 1 heterocycles. The quantitative estimate of drug-likeness (QED) is 0.883. The standard InChI is InChI=1S/C15H18N2O3/c1-15(2,3)13-11(8-17(4)16-13)10-6-5-9(14(19)20)7-12(10)18/h5-8,18H,1-4H3,(H,19,20). The predicted octanol–water partition coefficient (Wildman–Crippen LogP) is 2.79. The van der Waals surface area contributed by atoms with Gasteiger partial charge < -0.3 is 10.2 Å². The Labute approximate surface area is 117 Å². The Morgan fingerprint density at radius 2 is 1.90 bits per heavy atom. The minimum absolute atomic E-state index is 0.0524. The first-order chi connectivity index (χ1) is 9.20. The zero-order valence-electron chi connectivity index (χ0n) is 12.0. The number of rotatable bonds is 2. The maximum atomic E-state index is 10.9. The Morgan fingerprint density at radius 1 is 1.25 bits per heavy atom. The number of phenols is 1. The fourth-order valence-electron chi connectivity index (χ4n) is 2.13. The summed E-state index contributed by atoms with van der Waals surface area (Å²) in [6.07, 6.45) is 1.83. The lowest BCUT2D eigenvalue weighted by Crippen LogP contribution is -2.13. The Bertz CT molecular complexity index is 666. The maximum absolute atomic E-state index is 10.9. The second-order valence-electron chi connectivity index (χ2n) is 5.85. The van der Waals surface area contributed by atoms with Crippen LogP contribution in [-0.4, -0.2) is 26.0 Å². The van der Waals surface area contributed by atoms with Gasteiger partial charge in [-0.1, -0.05) is 20.8 Å². The fourth-order valence-corrected chi connectivity index (χ4v) is 2.13. The van der Waals surface area contributed by atoms with Crippen LogP contribution in [-0.2, 0) is 12.5 Å². The van der Waals surface area contributed by atoms with Gasteiger partial charge >= 0.3 is 5.97 Å². The molecule has 0 saturated heterocycles. The van der Waals surface area contributed by atoms with Gasteiger partial charge in [0.05, 0.1) is 11.3 Å². The zero-order valence-corrected chi connectivity index (χ0v) is 12.0. The molecule has 2 aromatic rings. The van der Waals surface area contributed by atoms with Crippen molar-refractivity contribution in [3.8, 4) is 16.9 Å². The highest BCUT2D eigenvalue weighted by atomic mass is 16.4. The predicted molar refractivity (Wildman–Crippen MR) is 76.0 cm³/mol. The van der Waals surface area contributed by atoms with Crippen LogP contribution in [0.1, 0.15) is 36.8 Å². The van der Waals surface area contributed by atoms with E-state index in [1.807, 2.05) is 34.0 Å². The average molecular weight is 274 g/mol. The van der Waals surface area contributed by atoms with Crippen LogP contribution >= 0.6 is 0 Å². The van der Waals surface area contributed by atoms with Gasteiger partial charge in [0.15, 0.2) is 0 Å². The molecule has 2 rings (SSSR count). The number of nitrogens with zero attached hydrogens (tertiary/aromatic N) is 2. The molecule has 0 atom stereocenters. The van der Waals surface area contributed by atoms with Crippen molar-refractivity contribution in [2.75, 3.05) is 0 Å². The third-order valence-corrected chi connectivity index (χ3v) is 3.07. The lowest BCUT2D eigenvalue weighted by Gasteiger charge is -2.18. The van der Waals surface area contributed by atoms with E-state index in [1.165, 1.54) is 12.1 Å². The molecule has 0 saturated carbocycles. The molecular weight excluding hydrogens is 256 g/mol. The number of aryl methyl sites for hydroxylation is 1. The SMILES string of the molecule is Cn1cc(-c2ccc(C(=O)O)cc2O)c(C(C)(C)C)n1. The largest absolute Gasteiger partial charge is 0.507 e. The zero-order chi connectivity index (χ0) is 15.1. The van der Waals surface area contributed by atoms with Crippen molar-refractivity contribution in [2.24, 2.45) is 7.05 Å². The van der Waals surface area contributed by atoms with Gasteiger partial charge in [-0.25, -0.2) is 4.79 Å². The van der Waals surface area contributed by atoms with E-state index in [1.54, 1.807) is 10.7 Å². The monoisotopic (exact) mass is 274 g/mol. The topological polar surface area (TPSA) is 75.4 Å². The van der Waals surface area contributed by atoms with Crippen LogP contribution in [0.2, 0.25) is 0 Å². The molecule has 1 aromatic heterocycles. The van der Waals surface area contributed by atoms with E-state index >= 15 is 0 Å². The Kier molecular flexibility index (Phi) is 3.29. The van der Waals surface area contributed by atoms with E-state index in [0.29, 0.717) is 5.56 Å². The molecule has 0 amide bonds. The molecule has 5 heteroatoms. The number of aromatic carboxylic acids is 1. The first kappa shape index (κ1) is 14.1. The van der Waals surface area contributed by atoms with Crippen LogP contribution < -0.4 is 0 Å². The van der Waals surface area contributed by atoms with Gasteiger partial charge in [-0.05, 0) is 18.2 Å². The Hall–Kier alpha value is -2.30. The van der Waals surface area contributed by atoms with Gasteiger partial charge in [0.1, 0.15) is 5.75 Å². The molecule has 0 fully saturated rings. The summed E-state index contributed by atoms with van der Waals surface area (Å²) in [7, 11) is 1.82. The highest BCUT2D eigenvalue weighted by Crippen LogP contribution is 2.36. The third kappa shape index (κ3) is 2.52. The highest BCUT2D eigenvalue weighted by molar-refractivity contribution is 5.89. The molecule has 1 aromatic carbocycles. The number of benzene rings is 1. The lowest BCUT2D eigenvalue weighted by molar-refractivity contribution is 0.0696. The summed E-state index contributed by atoms with van der Waals surface area (Å²) < 4.78 is 1.69. The number of carboxylic acids is 1. The molecular formula is C15H18N2O3. The van der Waals surface area contributed by atoms with Crippen LogP contribution in [0.15, 0.2) is 24.4 Å². The number of aromatic hydroxyl groups is 1. The lowest BCUT2D eigenvalue weighted by atomic mass is 9.87. The molecule has 20 heavy (non-hydrogen) atoms. The van der Waals surface area contributed by atoms with E-state index in [4.69, 9.17) is 5.11 Å². The fraction of sp³-hybridized carbons (Fsp3) is 0.333. The number of carboxylic acid groups (broad SMARTS) is 1. The second kappa shape index (κ2) is 4.67. The van der Waals surface area contributed by atoms with E-state index in [9.17, 15) is 9.90 Å². The molecule has 0 radical (unpaired) electrons. The van der Waals surface area contributed by atoms with Gasteiger partial charge in [-0.15, -0.1) is 0 Å². The van der Waals surface area contributed by atoms with Gasteiger partial charge in [0.25, 0.3) is 0 Å². The van der Waals surface area contributed by atoms with E-state index < -0.39 is 5.97 Å². The first-order valence-corrected chi connectivity index (χ1v) is 6.31. The Balaban J connectivity index is 2.61. The van der Waals surface area contributed by atoms with Crippen LogP contribution in [0.5, 0.6) is 5.75 Å². The maximum Gasteiger partial charge on any atom is 0.335 e. The molecule has 0 aliphatic carbocycles. The Morgan fingerprint density at radius 3 is 2.40 bits per heavy atom. The average Bonchev–Trinajstić information content (AvgIpc) is 2.70. The van der Waals surface area contributed by atoms with Crippen LogP contribution in [0, 0.1) is 0 Å². The number of hydrogen-bond acceptors (Lipinski definition) is 3. The van der Waals surface area contributed by atoms with Gasteiger partial charge in [-0.2, -0.15) is 5.10 Å². The summed E-state index contributed by atoms with van der Waals surface area (Å²) in [6.45, 7) is 6.13. The van der Waals surface area contributed by atoms with Crippen molar-refractivity contribution in [1.29, 1.82) is 0 Å². The van der Waals surface area contributed by atoms with E-state index in [-0.39, 0.29) is 16.7 Å². The molecule has 0 aliphatic rings. The summed E-state index contributed by atoms with van der Waals surface area (Å²) in [5.74, 6) is -1.11.